The molecule has 0 aliphatic heterocycles. The predicted octanol–water partition coefficient (Wildman–Crippen LogP) is 1.95. The van der Waals surface area contributed by atoms with E-state index in [4.69, 9.17) is 0 Å². The number of carbonyl (C=O) groups excluding carboxylic acids is 1. The predicted molar refractivity (Wildman–Crippen MR) is 49.5 cm³/mol. The van der Waals surface area contributed by atoms with Crippen LogP contribution in [0.3, 0.4) is 0 Å². The van der Waals surface area contributed by atoms with E-state index in [9.17, 15) is 4.79 Å². The van der Waals surface area contributed by atoms with Gasteiger partial charge in [-0.1, -0.05) is 0 Å². The SMILES string of the molecule is Cc1ccc(C(=O)NC2CC2)s1. The van der Waals surface area contributed by atoms with Gasteiger partial charge in [-0.05, 0) is 31.9 Å². The van der Waals surface area contributed by atoms with Crippen LogP contribution in [0.15, 0.2) is 12.1 Å². The van der Waals surface area contributed by atoms with E-state index in [0.29, 0.717) is 6.04 Å². The van der Waals surface area contributed by atoms with Crippen molar-refractivity contribution in [2.24, 2.45) is 0 Å². The van der Waals surface area contributed by atoms with Gasteiger partial charge in [-0.25, -0.2) is 0 Å². The second-order valence-corrected chi connectivity index (χ2v) is 4.45. The Bertz CT molecular complexity index is 301. The third-order valence-electron chi connectivity index (χ3n) is 1.88. The smallest absolute Gasteiger partial charge is 0.261 e. The molecule has 2 nitrogen and oxygen atoms in total. The normalized spacial score (nSPS) is 16.1. The van der Waals surface area contributed by atoms with Crippen molar-refractivity contribution in [3.8, 4) is 0 Å². The Morgan fingerprint density at radius 3 is 2.83 bits per heavy atom. The Morgan fingerprint density at radius 1 is 1.58 bits per heavy atom. The lowest BCUT2D eigenvalue weighted by molar-refractivity contribution is 0.0955. The zero-order valence-corrected chi connectivity index (χ0v) is 7.78. The first-order valence-corrected chi connectivity index (χ1v) is 4.94. The molecule has 0 radical (unpaired) electrons. The summed E-state index contributed by atoms with van der Waals surface area (Å²) in [7, 11) is 0. The van der Waals surface area contributed by atoms with Crippen LogP contribution in [0.2, 0.25) is 0 Å². The van der Waals surface area contributed by atoms with Crippen molar-refractivity contribution >= 4 is 17.2 Å². The second-order valence-electron chi connectivity index (χ2n) is 3.16. The summed E-state index contributed by atoms with van der Waals surface area (Å²) >= 11 is 1.55. The molecule has 1 aromatic rings. The fourth-order valence-electron chi connectivity index (χ4n) is 1.04. The number of thiophene rings is 1. The molecular weight excluding hydrogens is 170 g/mol. The average molecular weight is 181 g/mol. The Labute approximate surface area is 75.6 Å². The first-order valence-electron chi connectivity index (χ1n) is 4.13. The zero-order valence-electron chi connectivity index (χ0n) is 6.96. The van der Waals surface area contributed by atoms with Gasteiger partial charge in [-0.15, -0.1) is 11.3 Å². The van der Waals surface area contributed by atoms with Crippen molar-refractivity contribution in [3.05, 3.63) is 21.9 Å². The topological polar surface area (TPSA) is 29.1 Å². The quantitative estimate of drug-likeness (QED) is 0.742. The van der Waals surface area contributed by atoms with Crippen molar-refractivity contribution < 1.29 is 4.79 Å². The van der Waals surface area contributed by atoms with E-state index in [1.54, 1.807) is 11.3 Å². The first-order chi connectivity index (χ1) is 5.75. The first kappa shape index (κ1) is 7.80. The summed E-state index contributed by atoms with van der Waals surface area (Å²) in [6.07, 6.45) is 2.30. The number of hydrogen-bond acceptors (Lipinski definition) is 2. The van der Waals surface area contributed by atoms with Crippen molar-refractivity contribution in [1.82, 2.24) is 5.32 Å². The van der Waals surface area contributed by atoms with Crippen LogP contribution < -0.4 is 5.32 Å². The summed E-state index contributed by atoms with van der Waals surface area (Å²) < 4.78 is 0. The lowest BCUT2D eigenvalue weighted by Gasteiger charge is -1.98. The Kier molecular flexibility index (Phi) is 1.89. The van der Waals surface area contributed by atoms with Crippen LogP contribution in [0.25, 0.3) is 0 Å². The number of carbonyl (C=O) groups is 1. The molecular formula is C9H11NOS. The zero-order chi connectivity index (χ0) is 8.55. The molecule has 1 fully saturated rings. The van der Waals surface area contributed by atoms with E-state index in [1.807, 2.05) is 19.1 Å². The maximum Gasteiger partial charge on any atom is 0.261 e. The van der Waals surface area contributed by atoms with Crippen LogP contribution in [0.5, 0.6) is 0 Å². The highest BCUT2D eigenvalue weighted by atomic mass is 32.1. The standard InChI is InChI=1S/C9H11NOS/c1-6-2-5-8(12-6)9(11)10-7-3-4-7/h2,5,7H,3-4H2,1H3,(H,10,11). The minimum Gasteiger partial charge on any atom is -0.349 e. The van der Waals surface area contributed by atoms with Crippen LogP contribution in [0.1, 0.15) is 27.4 Å². The second kappa shape index (κ2) is 2.90. The van der Waals surface area contributed by atoms with Crippen LogP contribution in [0, 0.1) is 6.92 Å². The number of aryl methyl sites for hydroxylation is 1. The van der Waals surface area contributed by atoms with Crippen LogP contribution >= 0.6 is 11.3 Å². The fraction of sp³-hybridized carbons (Fsp3) is 0.444. The van der Waals surface area contributed by atoms with E-state index in [2.05, 4.69) is 5.32 Å². The third-order valence-corrected chi connectivity index (χ3v) is 2.88. The van der Waals surface area contributed by atoms with Crippen LogP contribution in [-0.2, 0) is 0 Å². The molecule has 1 heterocycles. The largest absolute Gasteiger partial charge is 0.349 e. The molecule has 1 aliphatic rings. The van der Waals surface area contributed by atoms with E-state index in [1.165, 1.54) is 4.88 Å². The summed E-state index contributed by atoms with van der Waals surface area (Å²) in [4.78, 5) is 13.4. The number of amides is 1. The maximum absolute atomic E-state index is 11.4. The highest BCUT2D eigenvalue weighted by molar-refractivity contribution is 7.13. The van der Waals surface area contributed by atoms with E-state index in [0.717, 1.165) is 17.7 Å². The molecule has 1 N–H and O–H groups in total. The minimum absolute atomic E-state index is 0.0931. The van der Waals surface area contributed by atoms with Crippen molar-refractivity contribution in [2.75, 3.05) is 0 Å². The highest BCUT2D eigenvalue weighted by Gasteiger charge is 2.24. The average Bonchev–Trinajstić information content (AvgIpc) is 2.72. The fourth-order valence-corrected chi connectivity index (χ4v) is 1.81. The molecule has 1 saturated carbocycles. The van der Waals surface area contributed by atoms with E-state index in [-0.39, 0.29) is 5.91 Å². The molecule has 64 valence electrons. The monoisotopic (exact) mass is 181 g/mol. The van der Waals surface area contributed by atoms with Crippen molar-refractivity contribution in [2.45, 2.75) is 25.8 Å². The summed E-state index contributed by atoms with van der Waals surface area (Å²) in [6, 6.07) is 4.32. The van der Waals surface area contributed by atoms with Gasteiger partial charge in [0.15, 0.2) is 0 Å². The van der Waals surface area contributed by atoms with Gasteiger partial charge in [0, 0.05) is 10.9 Å². The lowest BCUT2D eigenvalue weighted by atomic mass is 10.4. The molecule has 1 aromatic heterocycles. The Balaban J connectivity index is 2.03. The van der Waals surface area contributed by atoms with Crippen molar-refractivity contribution in [3.63, 3.8) is 0 Å². The Morgan fingerprint density at radius 2 is 2.33 bits per heavy atom. The molecule has 0 saturated heterocycles. The minimum atomic E-state index is 0.0931. The molecule has 0 aromatic carbocycles. The molecule has 0 atom stereocenters. The molecule has 0 spiro atoms. The van der Waals surface area contributed by atoms with Gasteiger partial charge < -0.3 is 5.32 Å². The van der Waals surface area contributed by atoms with Gasteiger partial charge >= 0.3 is 0 Å². The van der Waals surface area contributed by atoms with Gasteiger partial charge in [0.05, 0.1) is 4.88 Å². The molecule has 0 unspecified atom stereocenters. The molecule has 0 bridgehead atoms. The van der Waals surface area contributed by atoms with Gasteiger partial charge in [0.1, 0.15) is 0 Å². The van der Waals surface area contributed by atoms with Gasteiger partial charge in [-0.3, -0.25) is 4.79 Å². The molecule has 2 rings (SSSR count). The van der Waals surface area contributed by atoms with Gasteiger partial charge in [0.25, 0.3) is 5.91 Å². The molecule has 1 amide bonds. The summed E-state index contributed by atoms with van der Waals surface area (Å²) in [5.74, 6) is 0.0931. The molecule has 12 heavy (non-hydrogen) atoms. The third kappa shape index (κ3) is 1.67. The lowest BCUT2D eigenvalue weighted by Crippen LogP contribution is -2.24. The van der Waals surface area contributed by atoms with Gasteiger partial charge in [0.2, 0.25) is 0 Å². The highest BCUT2D eigenvalue weighted by Crippen LogP contribution is 2.21. The summed E-state index contributed by atoms with van der Waals surface area (Å²) in [6.45, 7) is 2.01. The number of hydrogen-bond donors (Lipinski definition) is 1. The number of rotatable bonds is 2. The van der Waals surface area contributed by atoms with E-state index < -0.39 is 0 Å². The maximum atomic E-state index is 11.4. The summed E-state index contributed by atoms with van der Waals surface area (Å²) in [5.41, 5.74) is 0. The van der Waals surface area contributed by atoms with E-state index >= 15 is 0 Å². The van der Waals surface area contributed by atoms with Crippen LogP contribution in [-0.4, -0.2) is 11.9 Å². The summed E-state index contributed by atoms with van der Waals surface area (Å²) in [5, 5.41) is 2.95. The molecule has 1 aliphatic carbocycles. The van der Waals surface area contributed by atoms with Gasteiger partial charge in [-0.2, -0.15) is 0 Å². The van der Waals surface area contributed by atoms with Crippen LogP contribution in [0.4, 0.5) is 0 Å². The molecule has 3 heteroatoms. The number of nitrogens with one attached hydrogen (secondary N) is 1. The van der Waals surface area contributed by atoms with Crippen molar-refractivity contribution in [1.29, 1.82) is 0 Å². The Hall–Kier alpha value is -0.830.